The minimum atomic E-state index is -4.50. The summed E-state index contributed by atoms with van der Waals surface area (Å²) in [5.74, 6) is -0.227. The van der Waals surface area contributed by atoms with Gasteiger partial charge in [-0.25, -0.2) is 8.42 Å². The van der Waals surface area contributed by atoms with Gasteiger partial charge in [-0.3, -0.25) is 0 Å². The molecule has 0 amide bonds. The second-order valence-electron chi connectivity index (χ2n) is 6.34. The van der Waals surface area contributed by atoms with E-state index in [1.54, 1.807) is 18.2 Å². The zero-order valence-electron chi connectivity index (χ0n) is 15.1. The molecule has 2 aromatic carbocycles. The summed E-state index contributed by atoms with van der Waals surface area (Å²) in [6, 6.07) is 15.4. The third kappa shape index (κ3) is 4.13. The van der Waals surface area contributed by atoms with Crippen LogP contribution in [-0.4, -0.2) is 18.6 Å². The summed E-state index contributed by atoms with van der Waals surface area (Å²) in [5.41, 5.74) is -0.712. The largest absolute Gasteiger partial charge is 0.455 e. The number of alkyl halides is 3. The summed E-state index contributed by atoms with van der Waals surface area (Å²) in [5, 5.41) is 3.69. The van der Waals surface area contributed by atoms with Crippen molar-refractivity contribution in [2.24, 2.45) is 0 Å². The van der Waals surface area contributed by atoms with Crippen molar-refractivity contribution in [1.82, 2.24) is 10.1 Å². The number of hydrogen-bond acceptors (Lipinski definition) is 6. The molecule has 0 N–H and O–H groups in total. The predicted octanol–water partition coefficient (Wildman–Crippen LogP) is 4.99. The highest BCUT2D eigenvalue weighted by molar-refractivity contribution is 7.90. The van der Waals surface area contributed by atoms with Crippen LogP contribution < -0.4 is 0 Å². The number of halogens is 3. The topological polar surface area (TPSA) is 86.2 Å². The Kier molecular flexibility index (Phi) is 4.94. The molecular formula is C20H13F3N2O4S. The highest BCUT2D eigenvalue weighted by Gasteiger charge is 2.31. The van der Waals surface area contributed by atoms with Gasteiger partial charge in [0.15, 0.2) is 15.6 Å². The van der Waals surface area contributed by atoms with E-state index < -0.39 is 21.6 Å². The summed E-state index contributed by atoms with van der Waals surface area (Å²) >= 11 is 0. The number of nitrogens with zero attached hydrogens (tertiary/aromatic N) is 2. The molecule has 4 rings (SSSR count). The van der Waals surface area contributed by atoms with Crippen LogP contribution in [0.25, 0.3) is 23.0 Å². The van der Waals surface area contributed by atoms with Crippen molar-refractivity contribution < 1.29 is 30.5 Å². The Bertz CT molecular complexity index is 1280. The molecule has 0 aliphatic rings. The number of aromatic nitrogens is 2. The Morgan fingerprint density at radius 1 is 0.933 bits per heavy atom. The fourth-order valence-electron chi connectivity index (χ4n) is 2.74. The molecule has 6 nitrogen and oxygen atoms in total. The van der Waals surface area contributed by atoms with Gasteiger partial charge in [-0.15, -0.1) is 0 Å². The molecule has 0 bridgehead atoms. The summed E-state index contributed by atoms with van der Waals surface area (Å²) in [4.78, 5) is 4.21. The van der Waals surface area contributed by atoms with E-state index in [0.29, 0.717) is 0 Å². The second-order valence-corrected chi connectivity index (χ2v) is 8.33. The maximum Gasteiger partial charge on any atom is 0.416 e. The third-order valence-electron chi connectivity index (χ3n) is 4.18. The van der Waals surface area contributed by atoms with Gasteiger partial charge in [0, 0.05) is 5.56 Å². The molecule has 0 unspecified atom stereocenters. The summed E-state index contributed by atoms with van der Waals surface area (Å²) in [6.45, 7) is 0. The Morgan fingerprint density at radius 2 is 1.70 bits per heavy atom. The van der Waals surface area contributed by atoms with Crippen molar-refractivity contribution >= 4 is 9.84 Å². The molecule has 0 radical (unpaired) electrons. The first kappa shape index (κ1) is 19.9. The van der Waals surface area contributed by atoms with Crippen LogP contribution in [0.1, 0.15) is 11.3 Å². The standard InChI is InChI=1S/C20H13F3N2O4S/c21-20(22,23)14-6-4-5-13(11-14)18-24-19(29-25-18)17-10-9-15(28-17)12-30(26,27)16-7-2-1-3-8-16/h1-11H,12H2. The fourth-order valence-corrected chi connectivity index (χ4v) is 4.01. The number of benzene rings is 2. The SMILES string of the molecule is O=S(=O)(Cc1ccc(-c2nc(-c3cccc(C(F)(F)F)c3)no2)o1)c1ccccc1. The van der Waals surface area contributed by atoms with E-state index in [-0.39, 0.29) is 39.4 Å². The number of rotatable bonds is 5. The van der Waals surface area contributed by atoms with Gasteiger partial charge in [-0.2, -0.15) is 18.2 Å². The number of sulfone groups is 1. The minimum Gasteiger partial charge on any atom is -0.455 e. The normalized spacial score (nSPS) is 12.2. The Labute approximate surface area is 168 Å². The van der Waals surface area contributed by atoms with E-state index in [1.165, 1.54) is 36.4 Å². The molecule has 0 fully saturated rings. The molecule has 0 saturated carbocycles. The lowest BCUT2D eigenvalue weighted by molar-refractivity contribution is -0.137. The number of hydrogen-bond donors (Lipinski definition) is 0. The predicted molar refractivity (Wildman–Crippen MR) is 99.8 cm³/mol. The Balaban J connectivity index is 1.56. The highest BCUT2D eigenvalue weighted by atomic mass is 32.2. The molecule has 0 atom stereocenters. The van der Waals surface area contributed by atoms with E-state index in [1.807, 2.05) is 0 Å². The van der Waals surface area contributed by atoms with E-state index >= 15 is 0 Å². The van der Waals surface area contributed by atoms with Crippen LogP contribution in [-0.2, 0) is 21.8 Å². The smallest absolute Gasteiger partial charge is 0.416 e. The second kappa shape index (κ2) is 7.45. The van der Waals surface area contributed by atoms with Gasteiger partial charge in [-0.05, 0) is 36.4 Å². The van der Waals surface area contributed by atoms with Crippen LogP contribution in [0.3, 0.4) is 0 Å². The average molecular weight is 434 g/mol. The molecule has 0 spiro atoms. The molecule has 30 heavy (non-hydrogen) atoms. The van der Waals surface area contributed by atoms with Crippen LogP contribution in [0, 0.1) is 0 Å². The van der Waals surface area contributed by atoms with Gasteiger partial charge in [-0.1, -0.05) is 35.5 Å². The van der Waals surface area contributed by atoms with Crippen molar-refractivity contribution in [1.29, 1.82) is 0 Å². The van der Waals surface area contributed by atoms with Crippen LogP contribution in [0.4, 0.5) is 13.2 Å². The number of furan rings is 1. The molecule has 2 heterocycles. The Morgan fingerprint density at radius 3 is 2.43 bits per heavy atom. The minimum absolute atomic E-state index is 0.0500. The van der Waals surface area contributed by atoms with Crippen LogP contribution >= 0.6 is 0 Å². The zero-order chi connectivity index (χ0) is 21.4. The van der Waals surface area contributed by atoms with Gasteiger partial charge in [0.05, 0.1) is 10.5 Å². The van der Waals surface area contributed by atoms with E-state index in [2.05, 4.69) is 10.1 Å². The molecule has 154 valence electrons. The van der Waals surface area contributed by atoms with Gasteiger partial charge in [0.25, 0.3) is 5.89 Å². The van der Waals surface area contributed by atoms with Crippen molar-refractivity contribution in [3.8, 4) is 23.0 Å². The summed E-state index contributed by atoms with van der Waals surface area (Å²) in [6.07, 6.45) is -4.50. The lowest BCUT2D eigenvalue weighted by Crippen LogP contribution is -2.04. The van der Waals surface area contributed by atoms with Crippen molar-refractivity contribution in [3.05, 3.63) is 78.1 Å². The van der Waals surface area contributed by atoms with Crippen molar-refractivity contribution in [2.45, 2.75) is 16.8 Å². The molecule has 0 aliphatic carbocycles. The molecule has 0 aliphatic heterocycles. The van der Waals surface area contributed by atoms with Crippen LogP contribution in [0.5, 0.6) is 0 Å². The summed E-state index contributed by atoms with van der Waals surface area (Å²) < 4.78 is 74.1. The molecular weight excluding hydrogens is 421 g/mol. The van der Waals surface area contributed by atoms with Gasteiger partial charge < -0.3 is 8.94 Å². The first-order valence-electron chi connectivity index (χ1n) is 8.61. The van der Waals surface area contributed by atoms with E-state index in [9.17, 15) is 21.6 Å². The van der Waals surface area contributed by atoms with E-state index in [0.717, 1.165) is 12.1 Å². The molecule has 2 aromatic heterocycles. The lowest BCUT2D eigenvalue weighted by atomic mass is 10.1. The van der Waals surface area contributed by atoms with Gasteiger partial charge >= 0.3 is 6.18 Å². The molecule has 0 saturated heterocycles. The molecule has 4 aromatic rings. The van der Waals surface area contributed by atoms with Crippen molar-refractivity contribution in [2.75, 3.05) is 0 Å². The molecule has 10 heteroatoms. The fraction of sp³-hybridized carbons (Fsp3) is 0.100. The van der Waals surface area contributed by atoms with Gasteiger partial charge in [0.1, 0.15) is 11.5 Å². The van der Waals surface area contributed by atoms with E-state index in [4.69, 9.17) is 8.94 Å². The maximum absolute atomic E-state index is 12.9. The van der Waals surface area contributed by atoms with Crippen LogP contribution in [0.15, 0.2) is 80.6 Å². The average Bonchev–Trinajstić information content (AvgIpc) is 3.37. The Hall–Kier alpha value is -3.40. The monoisotopic (exact) mass is 434 g/mol. The first-order chi connectivity index (χ1) is 14.2. The zero-order valence-corrected chi connectivity index (χ0v) is 15.9. The third-order valence-corrected chi connectivity index (χ3v) is 5.84. The maximum atomic E-state index is 12.9. The summed E-state index contributed by atoms with van der Waals surface area (Å²) in [7, 11) is -3.61. The van der Waals surface area contributed by atoms with Gasteiger partial charge in [0.2, 0.25) is 5.82 Å². The lowest BCUT2D eigenvalue weighted by Gasteiger charge is -2.06. The first-order valence-corrected chi connectivity index (χ1v) is 10.3. The highest BCUT2D eigenvalue weighted by Crippen LogP contribution is 2.32. The quantitative estimate of drug-likeness (QED) is 0.440. The van der Waals surface area contributed by atoms with Crippen LogP contribution in [0.2, 0.25) is 0 Å². The van der Waals surface area contributed by atoms with Crippen molar-refractivity contribution in [3.63, 3.8) is 0 Å².